The van der Waals surface area contributed by atoms with Crippen molar-refractivity contribution in [3.05, 3.63) is 23.5 Å². The lowest BCUT2D eigenvalue weighted by molar-refractivity contribution is 0.537. The smallest absolute Gasteiger partial charge is 0.120 e. The summed E-state index contributed by atoms with van der Waals surface area (Å²) in [6, 6.07) is 4.09. The lowest BCUT2D eigenvalue weighted by Crippen LogP contribution is -2.15. The minimum Gasteiger partial charge on any atom is -0.342 e. The fourth-order valence-corrected chi connectivity index (χ4v) is 1.46. The van der Waals surface area contributed by atoms with Gasteiger partial charge in [-0.05, 0) is 30.5 Å². The van der Waals surface area contributed by atoms with Crippen molar-refractivity contribution >= 4 is 0 Å². The number of aromatic nitrogens is 1. The SMILES string of the molecule is CC(C)CCNCc1cc(C#N)n(C)c1. The third kappa shape index (κ3) is 3.77. The summed E-state index contributed by atoms with van der Waals surface area (Å²) in [5, 5.41) is 12.2. The van der Waals surface area contributed by atoms with Crippen LogP contribution in [0.15, 0.2) is 12.3 Å². The Labute approximate surface area is 91.7 Å². The van der Waals surface area contributed by atoms with Crippen LogP contribution in [0.4, 0.5) is 0 Å². The van der Waals surface area contributed by atoms with Crippen LogP contribution in [0.5, 0.6) is 0 Å². The summed E-state index contributed by atoms with van der Waals surface area (Å²) in [4.78, 5) is 0. The Bertz CT molecular complexity index is 344. The van der Waals surface area contributed by atoms with Crippen molar-refractivity contribution in [1.29, 1.82) is 5.26 Å². The molecular weight excluding hydrogens is 186 g/mol. The molecule has 0 spiro atoms. The van der Waals surface area contributed by atoms with Crippen molar-refractivity contribution < 1.29 is 0 Å². The molecule has 3 heteroatoms. The van der Waals surface area contributed by atoms with Gasteiger partial charge in [0.15, 0.2) is 0 Å². The number of nitrogens with zero attached hydrogens (tertiary/aromatic N) is 2. The molecular formula is C12H19N3. The fraction of sp³-hybridized carbons (Fsp3) is 0.583. The molecule has 0 aromatic carbocycles. The molecule has 0 amide bonds. The normalized spacial score (nSPS) is 10.6. The second-order valence-corrected chi connectivity index (χ2v) is 4.32. The average molecular weight is 205 g/mol. The maximum atomic E-state index is 8.78. The third-order valence-electron chi connectivity index (χ3n) is 2.40. The number of aryl methyl sites for hydroxylation is 1. The van der Waals surface area contributed by atoms with Gasteiger partial charge < -0.3 is 9.88 Å². The van der Waals surface area contributed by atoms with E-state index in [0.29, 0.717) is 0 Å². The monoisotopic (exact) mass is 205 g/mol. The van der Waals surface area contributed by atoms with E-state index in [0.717, 1.165) is 24.7 Å². The van der Waals surface area contributed by atoms with E-state index < -0.39 is 0 Å². The van der Waals surface area contributed by atoms with Crippen LogP contribution in [0.25, 0.3) is 0 Å². The van der Waals surface area contributed by atoms with E-state index in [9.17, 15) is 0 Å². The average Bonchev–Trinajstić information content (AvgIpc) is 2.53. The van der Waals surface area contributed by atoms with Gasteiger partial charge in [-0.2, -0.15) is 5.26 Å². The second kappa shape index (κ2) is 5.57. The van der Waals surface area contributed by atoms with Crippen LogP contribution >= 0.6 is 0 Å². The van der Waals surface area contributed by atoms with Gasteiger partial charge in [0.2, 0.25) is 0 Å². The number of nitriles is 1. The Hall–Kier alpha value is -1.27. The predicted octanol–water partition coefficient (Wildman–Crippen LogP) is 2.03. The van der Waals surface area contributed by atoms with Crippen molar-refractivity contribution in [2.24, 2.45) is 13.0 Å². The first-order valence-electron chi connectivity index (χ1n) is 5.39. The zero-order chi connectivity index (χ0) is 11.3. The third-order valence-corrected chi connectivity index (χ3v) is 2.40. The highest BCUT2D eigenvalue weighted by Gasteiger charge is 2.01. The van der Waals surface area contributed by atoms with Crippen LogP contribution in [-0.2, 0) is 13.6 Å². The lowest BCUT2D eigenvalue weighted by Gasteiger charge is -2.05. The van der Waals surface area contributed by atoms with Crippen LogP contribution in [-0.4, -0.2) is 11.1 Å². The summed E-state index contributed by atoms with van der Waals surface area (Å²) in [6.45, 7) is 6.33. The minimum absolute atomic E-state index is 0.718. The molecule has 3 nitrogen and oxygen atoms in total. The second-order valence-electron chi connectivity index (χ2n) is 4.32. The van der Waals surface area contributed by atoms with Gasteiger partial charge in [-0.25, -0.2) is 0 Å². The molecule has 0 fully saturated rings. The first-order valence-corrected chi connectivity index (χ1v) is 5.39. The first-order chi connectivity index (χ1) is 7.13. The molecule has 82 valence electrons. The maximum Gasteiger partial charge on any atom is 0.120 e. The van der Waals surface area contributed by atoms with Crippen molar-refractivity contribution in [2.75, 3.05) is 6.54 Å². The van der Waals surface area contributed by atoms with Crippen LogP contribution in [0, 0.1) is 17.2 Å². The Morgan fingerprint density at radius 3 is 2.80 bits per heavy atom. The quantitative estimate of drug-likeness (QED) is 0.747. The van der Waals surface area contributed by atoms with Gasteiger partial charge in [-0.15, -0.1) is 0 Å². The molecule has 1 N–H and O–H groups in total. The van der Waals surface area contributed by atoms with E-state index in [-0.39, 0.29) is 0 Å². The summed E-state index contributed by atoms with van der Waals surface area (Å²) >= 11 is 0. The molecule has 0 saturated carbocycles. The zero-order valence-electron chi connectivity index (χ0n) is 9.75. The van der Waals surface area contributed by atoms with Crippen LogP contribution < -0.4 is 5.32 Å². The highest BCUT2D eigenvalue weighted by atomic mass is 14.9. The molecule has 1 rings (SSSR count). The van der Waals surface area contributed by atoms with Gasteiger partial charge in [-0.3, -0.25) is 0 Å². The van der Waals surface area contributed by atoms with E-state index in [1.54, 1.807) is 0 Å². The van der Waals surface area contributed by atoms with Gasteiger partial charge in [0, 0.05) is 19.8 Å². The number of rotatable bonds is 5. The molecule has 0 atom stereocenters. The van der Waals surface area contributed by atoms with Gasteiger partial charge in [-0.1, -0.05) is 13.8 Å². The van der Waals surface area contributed by atoms with Crippen LogP contribution in [0.1, 0.15) is 31.5 Å². The Morgan fingerprint density at radius 1 is 1.53 bits per heavy atom. The van der Waals surface area contributed by atoms with Crippen LogP contribution in [0.2, 0.25) is 0 Å². The maximum absolute atomic E-state index is 8.78. The molecule has 0 aliphatic rings. The summed E-state index contributed by atoms with van der Waals surface area (Å²) in [7, 11) is 1.90. The highest BCUT2D eigenvalue weighted by molar-refractivity contribution is 5.28. The van der Waals surface area contributed by atoms with Crippen molar-refractivity contribution in [3.8, 4) is 6.07 Å². The first kappa shape index (κ1) is 11.8. The molecule has 15 heavy (non-hydrogen) atoms. The standard InChI is InChI=1S/C12H19N3/c1-10(2)4-5-14-8-11-6-12(7-13)15(3)9-11/h6,9-10,14H,4-5,8H2,1-3H3. The summed E-state index contributed by atoms with van der Waals surface area (Å²) in [5.41, 5.74) is 1.90. The Balaban J connectivity index is 2.35. The zero-order valence-corrected chi connectivity index (χ0v) is 9.75. The Kier molecular flexibility index (Phi) is 4.38. The van der Waals surface area contributed by atoms with Gasteiger partial charge in [0.05, 0.1) is 0 Å². The van der Waals surface area contributed by atoms with Gasteiger partial charge in [0.25, 0.3) is 0 Å². The number of hydrogen-bond acceptors (Lipinski definition) is 2. The lowest BCUT2D eigenvalue weighted by atomic mass is 10.1. The van der Waals surface area contributed by atoms with E-state index in [2.05, 4.69) is 25.2 Å². The van der Waals surface area contributed by atoms with E-state index >= 15 is 0 Å². The molecule has 0 radical (unpaired) electrons. The minimum atomic E-state index is 0.718. The molecule has 1 heterocycles. The topological polar surface area (TPSA) is 40.8 Å². The number of nitrogens with one attached hydrogen (secondary N) is 1. The van der Waals surface area contributed by atoms with Crippen molar-refractivity contribution in [2.45, 2.75) is 26.8 Å². The molecule has 0 aliphatic carbocycles. The van der Waals surface area contributed by atoms with Crippen molar-refractivity contribution in [1.82, 2.24) is 9.88 Å². The summed E-state index contributed by atoms with van der Waals surface area (Å²) in [5.74, 6) is 0.739. The van der Waals surface area contributed by atoms with Crippen molar-refractivity contribution in [3.63, 3.8) is 0 Å². The van der Waals surface area contributed by atoms with E-state index in [1.807, 2.05) is 23.9 Å². The summed E-state index contributed by atoms with van der Waals surface area (Å²) in [6.07, 6.45) is 3.19. The molecule has 1 aromatic rings. The molecule has 0 unspecified atom stereocenters. The molecule has 0 bridgehead atoms. The van der Waals surface area contributed by atoms with E-state index in [1.165, 1.54) is 12.0 Å². The Morgan fingerprint density at radius 2 is 2.27 bits per heavy atom. The molecule has 0 saturated heterocycles. The predicted molar refractivity (Wildman–Crippen MR) is 61.3 cm³/mol. The summed E-state index contributed by atoms with van der Waals surface area (Å²) < 4.78 is 1.86. The molecule has 0 aliphatic heterocycles. The van der Waals surface area contributed by atoms with E-state index in [4.69, 9.17) is 5.26 Å². The highest BCUT2D eigenvalue weighted by Crippen LogP contribution is 2.05. The van der Waals surface area contributed by atoms with Crippen LogP contribution in [0.3, 0.4) is 0 Å². The van der Waals surface area contributed by atoms with Gasteiger partial charge >= 0.3 is 0 Å². The molecule has 1 aromatic heterocycles. The largest absolute Gasteiger partial charge is 0.342 e. The number of hydrogen-bond donors (Lipinski definition) is 1. The van der Waals surface area contributed by atoms with Gasteiger partial charge in [0.1, 0.15) is 11.8 Å². The fourth-order valence-electron chi connectivity index (χ4n) is 1.46.